The SMILES string of the molecule is O=C(NCc1cccnc1)N1CCCC(c2ccccc2)C1. The average Bonchev–Trinajstić information content (AvgIpc) is 2.61. The van der Waals surface area contributed by atoms with Crippen LogP contribution < -0.4 is 5.32 Å². The second-order valence-corrected chi connectivity index (χ2v) is 5.72. The van der Waals surface area contributed by atoms with Gasteiger partial charge in [-0.05, 0) is 30.0 Å². The van der Waals surface area contributed by atoms with E-state index in [1.807, 2.05) is 23.1 Å². The van der Waals surface area contributed by atoms with Crippen LogP contribution in [-0.2, 0) is 6.54 Å². The smallest absolute Gasteiger partial charge is 0.317 e. The van der Waals surface area contributed by atoms with Crippen molar-refractivity contribution < 1.29 is 4.79 Å². The number of pyridine rings is 1. The molecule has 2 aromatic rings. The number of carbonyl (C=O) groups is 1. The lowest BCUT2D eigenvalue weighted by molar-refractivity contribution is 0.179. The first-order chi connectivity index (χ1) is 10.8. The fourth-order valence-electron chi connectivity index (χ4n) is 2.95. The van der Waals surface area contributed by atoms with Gasteiger partial charge in [-0.2, -0.15) is 0 Å². The molecular formula is C18H21N3O. The first kappa shape index (κ1) is 14.6. The molecule has 1 saturated heterocycles. The zero-order valence-corrected chi connectivity index (χ0v) is 12.6. The molecule has 1 aliphatic heterocycles. The van der Waals surface area contributed by atoms with Crippen molar-refractivity contribution in [1.29, 1.82) is 0 Å². The zero-order chi connectivity index (χ0) is 15.2. The number of urea groups is 1. The third kappa shape index (κ3) is 3.64. The Bertz CT molecular complexity index is 600. The Labute approximate surface area is 131 Å². The molecule has 4 heteroatoms. The van der Waals surface area contributed by atoms with Crippen molar-refractivity contribution >= 4 is 6.03 Å². The summed E-state index contributed by atoms with van der Waals surface area (Å²) in [5, 5.41) is 2.99. The second kappa shape index (κ2) is 7.07. The van der Waals surface area contributed by atoms with Crippen molar-refractivity contribution in [3.8, 4) is 0 Å². The number of aromatic nitrogens is 1. The van der Waals surface area contributed by atoms with Gasteiger partial charge in [-0.15, -0.1) is 0 Å². The van der Waals surface area contributed by atoms with Crippen molar-refractivity contribution in [2.75, 3.05) is 13.1 Å². The van der Waals surface area contributed by atoms with Gasteiger partial charge in [-0.25, -0.2) is 4.79 Å². The molecule has 0 spiro atoms. The Balaban J connectivity index is 1.56. The monoisotopic (exact) mass is 295 g/mol. The van der Waals surface area contributed by atoms with Crippen LogP contribution in [0.2, 0.25) is 0 Å². The highest BCUT2D eigenvalue weighted by Gasteiger charge is 2.24. The predicted octanol–water partition coefficient (Wildman–Crippen LogP) is 3.17. The lowest BCUT2D eigenvalue weighted by Gasteiger charge is -2.33. The number of piperidine rings is 1. The molecule has 1 aromatic carbocycles. The normalized spacial score (nSPS) is 18.0. The van der Waals surface area contributed by atoms with Gasteiger partial charge in [0.25, 0.3) is 0 Å². The van der Waals surface area contributed by atoms with Crippen LogP contribution in [0.3, 0.4) is 0 Å². The van der Waals surface area contributed by atoms with Crippen LogP contribution in [0, 0.1) is 0 Å². The summed E-state index contributed by atoms with van der Waals surface area (Å²) in [5.41, 5.74) is 2.35. The Kier molecular flexibility index (Phi) is 4.68. The summed E-state index contributed by atoms with van der Waals surface area (Å²) in [6, 6.07) is 14.3. The number of carbonyl (C=O) groups excluding carboxylic acids is 1. The van der Waals surface area contributed by atoms with Gasteiger partial charge in [0.2, 0.25) is 0 Å². The van der Waals surface area contributed by atoms with Crippen molar-refractivity contribution in [3.05, 3.63) is 66.0 Å². The largest absolute Gasteiger partial charge is 0.334 e. The molecule has 4 nitrogen and oxygen atoms in total. The van der Waals surface area contributed by atoms with Crippen LogP contribution in [-0.4, -0.2) is 29.0 Å². The van der Waals surface area contributed by atoms with E-state index in [4.69, 9.17) is 0 Å². The predicted molar refractivity (Wildman–Crippen MR) is 86.5 cm³/mol. The maximum Gasteiger partial charge on any atom is 0.317 e. The van der Waals surface area contributed by atoms with Crippen LogP contribution in [0.1, 0.15) is 29.9 Å². The zero-order valence-electron chi connectivity index (χ0n) is 12.6. The minimum absolute atomic E-state index is 0.0180. The van der Waals surface area contributed by atoms with E-state index in [-0.39, 0.29) is 6.03 Å². The summed E-state index contributed by atoms with van der Waals surface area (Å²) >= 11 is 0. The van der Waals surface area contributed by atoms with E-state index in [1.54, 1.807) is 12.4 Å². The van der Waals surface area contributed by atoms with E-state index >= 15 is 0 Å². The first-order valence-corrected chi connectivity index (χ1v) is 7.79. The van der Waals surface area contributed by atoms with Crippen LogP contribution >= 0.6 is 0 Å². The molecule has 114 valence electrons. The maximum absolute atomic E-state index is 12.3. The topological polar surface area (TPSA) is 45.2 Å². The minimum atomic E-state index is 0.0180. The molecule has 1 aromatic heterocycles. The van der Waals surface area contributed by atoms with E-state index in [0.29, 0.717) is 12.5 Å². The van der Waals surface area contributed by atoms with E-state index in [9.17, 15) is 4.79 Å². The molecule has 0 radical (unpaired) electrons. The fourth-order valence-corrected chi connectivity index (χ4v) is 2.95. The number of likely N-dealkylation sites (tertiary alicyclic amines) is 1. The number of rotatable bonds is 3. The molecule has 0 saturated carbocycles. The molecular weight excluding hydrogens is 274 g/mol. The summed E-state index contributed by atoms with van der Waals surface area (Å²) in [6.07, 6.45) is 5.72. The van der Waals surface area contributed by atoms with E-state index in [0.717, 1.165) is 31.5 Å². The number of hydrogen-bond acceptors (Lipinski definition) is 2. The summed E-state index contributed by atoms with van der Waals surface area (Å²) in [5.74, 6) is 0.444. The van der Waals surface area contributed by atoms with Crippen molar-refractivity contribution in [1.82, 2.24) is 15.2 Å². The highest BCUT2D eigenvalue weighted by molar-refractivity contribution is 5.74. The number of amides is 2. The van der Waals surface area contributed by atoms with Crippen LogP contribution in [0.25, 0.3) is 0 Å². The molecule has 2 heterocycles. The third-order valence-electron chi connectivity index (χ3n) is 4.15. The van der Waals surface area contributed by atoms with Crippen LogP contribution in [0.15, 0.2) is 54.9 Å². The number of benzene rings is 1. The maximum atomic E-state index is 12.3. The third-order valence-corrected chi connectivity index (χ3v) is 4.15. The summed E-state index contributed by atoms with van der Waals surface area (Å²) in [4.78, 5) is 18.3. The summed E-state index contributed by atoms with van der Waals surface area (Å²) in [7, 11) is 0. The molecule has 1 unspecified atom stereocenters. The fraction of sp³-hybridized carbons (Fsp3) is 0.333. The average molecular weight is 295 g/mol. The van der Waals surface area contributed by atoms with Crippen molar-refractivity contribution in [3.63, 3.8) is 0 Å². The van der Waals surface area contributed by atoms with Gasteiger partial charge in [0, 0.05) is 37.9 Å². The van der Waals surface area contributed by atoms with Gasteiger partial charge in [-0.3, -0.25) is 4.98 Å². The molecule has 1 N–H and O–H groups in total. The molecule has 22 heavy (non-hydrogen) atoms. The van der Waals surface area contributed by atoms with E-state index < -0.39 is 0 Å². The Morgan fingerprint density at radius 1 is 1.23 bits per heavy atom. The Hall–Kier alpha value is -2.36. The van der Waals surface area contributed by atoms with Crippen molar-refractivity contribution in [2.24, 2.45) is 0 Å². The van der Waals surface area contributed by atoms with Gasteiger partial charge in [0.15, 0.2) is 0 Å². The standard InChI is InChI=1S/C18H21N3O/c22-18(20-13-15-6-4-10-19-12-15)21-11-5-9-17(14-21)16-7-2-1-3-8-16/h1-4,6-8,10,12,17H,5,9,11,13-14H2,(H,20,22). The first-order valence-electron chi connectivity index (χ1n) is 7.79. The molecule has 1 fully saturated rings. The summed E-state index contributed by atoms with van der Waals surface area (Å²) in [6.45, 7) is 2.16. The highest BCUT2D eigenvalue weighted by Crippen LogP contribution is 2.26. The van der Waals surface area contributed by atoms with Gasteiger partial charge < -0.3 is 10.2 Å². The molecule has 0 aliphatic carbocycles. The molecule has 1 aliphatic rings. The number of nitrogens with one attached hydrogen (secondary N) is 1. The molecule has 2 amide bonds. The number of hydrogen-bond donors (Lipinski definition) is 1. The number of nitrogens with zero attached hydrogens (tertiary/aromatic N) is 2. The van der Waals surface area contributed by atoms with Crippen molar-refractivity contribution in [2.45, 2.75) is 25.3 Å². The molecule has 1 atom stereocenters. The molecule has 0 bridgehead atoms. The second-order valence-electron chi connectivity index (χ2n) is 5.72. The Morgan fingerprint density at radius 3 is 2.86 bits per heavy atom. The van der Waals surface area contributed by atoms with Gasteiger partial charge in [0.05, 0.1) is 0 Å². The minimum Gasteiger partial charge on any atom is -0.334 e. The van der Waals surface area contributed by atoms with E-state index in [1.165, 1.54) is 5.56 Å². The lowest BCUT2D eigenvalue weighted by atomic mass is 9.91. The molecule has 3 rings (SSSR count). The Morgan fingerprint density at radius 2 is 2.09 bits per heavy atom. The van der Waals surface area contributed by atoms with Gasteiger partial charge >= 0.3 is 6.03 Å². The van der Waals surface area contributed by atoms with Gasteiger partial charge in [0.1, 0.15) is 0 Å². The van der Waals surface area contributed by atoms with Crippen LogP contribution in [0.4, 0.5) is 4.79 Å². The van der Waals surface area contributed by atoms with Gasteiger partial charge in [-0.1, -0.05) is 36.4 Å². The quantitative estimate of drug-likeness (QED) is 0.945. The lowest BCUT2D eigenvalue weighted by Crippen LogP contribution is -2.44. The van der Waals surface area contributed by atoms with E-state index in [2.05, 4.69) is 34.6 Å². The highest BCUT2D eigenvalue weighted by atomic mass is 16.2. The van der Waals surface area contributed by atoms with Crippen LogP contribution in [0.5, 0.6) is 0 Å². The summed E-state index contributed by atoms with van der Waals surface area (Å²) < 4.78 is 0.